The van der Waals surface area contributed by atoms with E-state index in [1.807, 2.05) is 48.5 Å². The van der Waals surface area contributed by atoms with Gasteiger partial charge >= 0.3 is 0 Å². The first kappa shape index (κ1) is 23.7. The number of hydrogen-bond acceptors (Lipinski definition) is 8. The summed E-state index contributed by atoms with van der Waals surface area (Å²) in [7, 11) is 0. The minimum atomic E-state index is 0.0997. The summed E-state index contributed by atoms with van der Waals surface area (Å²) in [6.45, 7) is 4.33. The van der Waals surface area contributed by atoms with E-state index in [-0.39, 0.29) is 11.1 Å². The zero-order valence-electron chi connectivity index (χ0n) is 19.0. The fourth-order valence-corrected chi connectivity index (χ4v) is 8.57. The highest BCUT2D eigenvalue weighted by Crippen LogP contribution is 2.47. The number of nitriles is 4. The smallest absolute Gasteiger partial charge is 0.131 e. The topological polar surface area (TPSA) is 95.2 Å². The van der Waals surface area contributed by atoms with Gasteiger partial charge in [0.1, 0.15) is 35.4 Å². The lowest BCUT2D eigenvalue weighted by molar-refractivity contribution is 1.43. The largest absolute Gasteiger partial charge is 0.192 e. The van der Waals surface area contributed by atoms with Crippen molar-refractivity contribution < 1.29 is 0 Å². The highest BCUT2D eigenvalue weighted by molar-refractivity contribution is 7.32. The second-order valence-corrected chi connectivity index (χ2v) is 12.3. The lowest BCUT2D eigenvalue weighted by Crippen LogP contribution is -1.81. The number of thiophene rings is 4. The van der Waals surface area contributed by atoms with Crippen molar-refractivity contribution in [2.45, 2.75) is 13.8 Å². The third-order valence-electron chi connectivity index (χ3n) is 5.84. The number of benzene rings is 1. The highest BCUT2D eigenvalue weighted by Gasteiger charge is 2.18. The molecule has 0 aliphatic carbocycles. The van der Waals surface area contributed by atoms with Crippen LogP contribution in [0.3, 0.4) is 0 Å². The summed E-state index contributed by atoms with van der Waals surface area (Å²) in [6, 6.07) is 20.1. The number of hydrogen-bond donors (Lipinski definition) is 0. The second-order valence-electron chi connectivity index (χ2n) is 7.92. The molecule has 0 aliphatic rings. The Labute approximate surface area is 223 Å². The van der Waals surface area contributed by atoms with Crippen molar-refractivity contribution in [3.8, 4) is 43.8 Å². The lowest BCUT2D eigenvalue weighted by atomic mass is 10.0. The molecule has 0 saturated carbocycles. The van der Waals surface area contributed by atoms with Crippen LogP contribution in [0.25, 0.3) is 51.8 Å². The van der Waals surface area contributed by atoms with Crippen LogP contribution >= 0.6 is 45.3 Å². The van der Waals surface area contributed by atoms with Crippen molar-refractivity contribution in [2.24, 2.45) is 0 Å². The molecule has 5 rings (SSSR count). The van der Waals surface area contributed by atoms with Gasteiger partial charge in [-0.1, -0.05) is 0 Å². The number of nitrogens with zero attached hydrogens (tertiary/aromatic N) is 4. The molecular formula is C28H14N4S4. The fourth-order valence-electron chi connectivity index (χ4n) is 3.91. The van der Waals surface area contributed by atoms with Gasteiger partial charge in [0.25, 0.3) is 0 Å². The average molecular weight is 535 g/mol. The summed E-state index contributed by atoms with van der Waals surface area (Å²) in [5, 5.41) is 38.7. The van der Waals surface area contributed by atoms with Gasteiger partial charge in [0.2, 0.25) is 0 Å². The number of allylic oxidation sites excluding steroid dienone is 2. The number of rotatable bonds is 4. The van der Waals surface area contributed by atoms with Crippen molar-refractivity contribution in [1.29, 1.82) is 21.0 Å². The van der Waals surface area contributed by atoms with Gasteiger partial charge in [-0.25, -0.2) is 0 Å². The van der Waals surface area contributed by atoms with E-state index in [9.17, 15) is 0 Å². The molecule has 0 N–H and O–H groups in total. The van der Waals surface area contributed by atoms with Gasteiger partial charge in [0.05, 0.1) is 9.40 Å². The Morgan fingerprint density at radius 3 is 1.33 bits per heavy atom. The molecule has 0 spiro atoms. The maximum absolute atomic E-state index is 9.05. The predicted molar refractivity (Wildman–Crippen MR) is 152 cm³/mol. The molecule has 0 aliphatic heterocycles. The molecule has 0 unspecified atom stereocenters. The Bertz CT molecular complexity index is 1740. The first-order valence-corrected chi connectivity index (χ1v) is 13.9. The van der Waals surface area contributed by atoms with Gasteiger partial charge < -0.3 is 0 Å². The van der Waals surface area contributed by atoms with E-state index in [2.05, 4.69) is 26.0 Å². The van der Waals surface area contributed by atoms with E-state index in [1.54, 1.807) is 57.5 Å². The van der Waals surface area contributed by atoms with E-state index in [1.165, 1.54) is 41.1 Å². The van der Waals surface area contributed by atoms with Gasteiger partial charge in [-0.2, -0.15) is 21.0 Å². The van der Waals surface area contributed by atoms with Crippen LogP contribution < -0.4 is 0 Å². The molecule has 4 nitrogen and oxygen atoms in total. The van der Waals surface area contributed by atoms with Crippen LogP contribution in [0.4, 0.5) is 0 Å². The van der Waals surface area contributed by atoms with E-state index < -0.39 is 0 Å². The quantitative estimate of drug-likeness (QED) is 0.215. The van der Waals surface area contributed by atoms with Crippen LogP contribution in [0.15, 0.2) is 47.5 Å². The minimum Gasteiger partial charge on any atom is -0.192 e. The van der Waals surface area contributed by atoms with Crippen molar-refractivity contribution in [3.05, 3.63) is 68.4 Å². The SMILES string of the molecule is Cc1c(C)c2cc(-c3ccc(C=C(C#N)C#N)s3)sc2c2sc(-c3ccc(C=C(C#N)C#N)s3)cc12. The van der Waals surface area contributed by atoms with Crippen LogP contribution in [0.1, 0.15) is 20.9 Å². The molecule has 4 aromatic heterocycles. The molecular weight excluding hydrogens is 521 g/mol. The first-order chi connectivity index (χ1) is 17.4. The van der Waals surface area contributed by atoms with Gasteiger partial charge in [0.15, 0.2) is 0 Å². The fraction of sp³-hybridized carbons (Fsp3) is 0.0714. The molecule has 8 heteroatoms. The standard InChI is InChI=1S/C28H14N4S4/c1-15-16(2)22-10-26(24-6-4-20(34-24)8-18(13-31)14-32)36-28(22)27-21(15)9-25(35-27)23-5-3-19(33-23)7-17(11-29)12-30/h3-10H,1-2H3. The van der Waals surface area contributed by atoms with Crippen LogP contribution in [0.2, 0.25) is 0 Å². The second kappa shape index (κ2) is 9.56. The van der Waals surface area contributed by atoms with E-state index >= 15 is 0 Å². The Morgan fingerprint density at radius 1 is 0.583 bits per heavy atom. The molecule has 36 heavy (non-hydrogen) atoms. The van der Waals surface area contributed by atoms with Crippen LogP contribution in [0, 0.1) is 59.2 Å². The Morgan fingerprint density at radius 2 is 0.972 bits per heavy atom. The Balaban J connectivity index is 1.61. The van der Waals surface area contributed by atoms with Crippen LogP contribution in [0.5, 0.6) is 0 Å². The molecule has 5 aromatic rings. The van der Waals surface area contributed by atoms with Crippen LogP contribution in [-0.2, 0) is 0 Å². The van der Waals surface area contributed by atoms with Crippen molar-refractivity contribution in [2.75, 3.05) is 0 Å². The molecule has 0 atom stereocenters. The molecule has 4 heterocycles. The lowest BCUT2D eigenvalue weighted by Gasteiger charge is -2.04. The third kappa shape index (κ3) is 4.14. The van der Waals surface area contributed by atoms with Gasteiger partial charge in [0, 0.05) is 29.3 Å². The zero-order chi connectivity index (χ0) is 25.4. The molecule has 0 bridgehead atoms. The van der Waals surface area contributed by atoms with E-state index in [4.69, 9.17) is 21.0 Å². The Hall–Kier alpha value is -4.02. The number of fused-ring (bicyclic) bond motifs is 3. The van der Waals surface area contributed by atoms with Gasteiger partial charge in [-0.05, 0) is 84.3 Å². The molecule has 1 aromatic carbocycles. The first-order valence-electron chi connectivity index (χ1n) is 10.7. The molecule has 0 amide bonds. The molecule has 0 radical (unpaired) electrons. The van der Waals surface area contributed by atoms with E-state index in [0.29, 0.717) is 0 Å². The molecule has 0 saturated heterocycles. The summed E-state index contributed by atoms with van der Waals surface area (Å²) >= 11 is 6.68. The van der Waals surface area contributed by atoms with E-state index in [0.717, 1.165) is 19.5 Å². The van der Waals surface area contributed by atoms with Crippen molar-refractivity contribution in [3.63, 3.8) is 0 Å². The zero-order valence-corrected chi connectivity index (χ0v) is 22.3. The summed E-state index contributed by atoms with van der Waals surface area (Å²) in [5.74, 6) is 0. The maximum atomic E-state index is 9.05. The minimum absolute atomic E-state index is 0.0997. The molecule has 0 fully saturated rings. The summed E-state index contributed by atoms with van der Waals surface area (Å²) in [6.07, 6.45) is 3.25. The summed E-state index contributed by atoms with van der Waals surface area (Å²) in [5.41, 5.74) is 2.73. The monoisotopic (exact) mass is 534 g/mol. The van der Waals surface area contributed by atoms with Crippen molar-refractivity contribution in [1.82, 2.24) is 0 Å². The average Bonchev–Trinajstić information content (AvgIpc) is 3.69. The third-order valence-corrected chi connectivity index (χ3v) is 10.7. The highest BCUT2D eigenvalue weighted by atomic mass is 32.1. The summed E-state index contributed by atoms with van der Waals surface area (Å²) < 4.78 is 2.51. The molecule has 170 valence electrons. The predicted octanol–water partition coefficient (Wildman–Crippen LogP) is 9.05. The maximum Gasteiger partial charge on any atom is 0.131 e. The van der Waals surface area contributed by atoms with Gasteiger partial charge in [-0.3, -0.25) is 0 Å². The Kier molecular flexibility index (Phi) is 6.29. The normalized spacial score (nSPS) is 10.4. The van der Waals surface area contributed by atoms with Crippen LogP contribution in [-0.4, -0.2) is 0 Å². The van der Waals surface area contributed by atoms with Gasteiger partial charge in [-0.15, -0.1) is 45.3 Å². The summed E-state index contributed by atoms with van der Waals surface area (Å²) in [4.78, 5) is 6.32. The van der Waals surface area contributed by atoms with Crippen molar-refractivity contribution >= 4 is 77.7 Å². The number of aryl methyl sites for hydroxylation is 2.